The zero-order valence-electron chi connectivity index (χ0n) is 18.8. The lowest BCUT2D eigenvalue weighted by molar-refractivity contribution is -0.115. The number of nitrogens with zero attached hydrogens (tertiary/aromatic N) is 3. The highest BCUT2D eigenvalue weighted by Gasteiger charge is 2.25. The van der Waals surface area contributed by atoms with Gasteiger partial charge < -0.3 is 16.0 Å². The maximum atomic E-state index is 12.0. The summed E-state index contributed by atoms with van der Waals surface area (Å²) in [5, 5.41) is 16.2. The smallest absolute Gasteiger partial charge is 0.326 e. The second-order valence-corrected chi connectivity index (χ2v) is 8.62. The van der Waals surface area contributed by atoms with Gasteiger partial charge in [-0.05, 0) is 35.6 Å². The molecule has 3 amide bonds. The number of amides is 3. The Bertz CT molecular complexity index is 1470. The van der Waals surface area contributed by atoms with Crippen LogP contribution in [0.1, 0.15) is 24.0 Å². The van der Waals surface area contributed by atoms with Gasteiger partial charge in [0.2, 0.25) is 0 Å². The maximum Gasteiger partial charge on any atom is 0.326 e. The molecule has 4 N–H and O–H groups in total. The number of carbonyl (C=O) groups excluding carboxylic acids is 2. The molecule has 0 radical (unpaired) electrons. The molecule has 6 rings (SSSR count). The summed E-state index contributed by atoms with van der Waals surface area (Å²) in [7, 11) is 0. The van der Waals surface area contributed by atoms with Gasteiger partial charge in [-0.15, -0.1) is 0 Å². The van der Waals surface area contributed by atoms with E-state index in [1.807, 2.05) is 36.4 Å². The molecule has 1 aliphatic carbocycles. The molecular formula is C26H23N7O2. The van der Waals surface area contributed by atoms with E-state index < -0.39 is 11.9 Å². The van der Waals surface area contributed by atoms with Crippen molar-refractivity contribution in [3.05, 3.63) is 83.7 Å². The topological polar surface area (TPSA) is 112 Å². The first kappa shape index (κ1) is 20.9. The SMILES string of the molecule is O=C1NC(=O)/C(=C/c2cnn3c(NC4CC4)cc(NCc4ccccc4-c4ccccc4)nc23)N1. The van der Waals surface area contributed by atoms with Gasteiger partial charge in [0.05, 0.1) is 6.20 Å². The first-order valence-corrected chi connectivity index (χ1v) is 11.5. The van der Waals surface area contributed by atoms with Gasteiger partial charge in [-0.1, -0.05) is 54.6 Å². The molecular weight excluding hydrogens is 442 g/mol. The average Bonchev–Trinajstić information content (AvgIpc) is 3.51. The summed E-state index contributed by atoms with van der Waals surface area (Å²) in [6.07, 6.45) is 5.45. The van der Waals surface area contributed by atoms with Crippen LogP contribution in [0.5, 0.6) is 0 Å². The minimum Gasteiger partial charge on any atom is -0.367 e. The fraction of sp³-hybridized carbons (Fsp3) is 0.154. The van der Waals surface area contributed by atoms with Crippen LogP contribution in [0, 0.1) is 0 Å². The van der Waals surface area contributed by atoms with E-state index >= 15 is 0 Å². The molecule has 4 aromatic rings. The third-order valence-electron chi connectivity index (χ3n) is 6.01. The summed E-state index contributed by atoms with van der Waals surface area (Å²) in [4.78, 5) is 28.3. The standard InChI is InChI=1S/C26H23N7O2/c34-25-21(30-26(35)32-25)12-18-15-28-33-23(29-19-10-11-19)13-22(31-24(18)33)27-14-17-8-4-5-9-20(17)16-6-2-1-3-7-16/h1-9,12-13,15,19,29H,10-11,14H2,(H,27,31)(H2,30,32,34,35)/b21-12-. The monoisotopic (exact) mass is 465 g/mol. The van der Waals surface area contributed by atoms with Crippen molar-refractivity contribution in [3.63, 3.8) is 0 Å². The van der Waals surface area contributed by atoms with Crippen LogP contribution in [0.2, 0.25) is 0 Å². The summed E-state index contributed by atoms with van der Waals surface area (Å²) in [6.45, 7) is 0.583. The highest BCUT2D eigenvalue weighted by atomic mass is 16.2. The predicted molar refractivity (Wildman–Crippen MR) is 133 cm³/mol. The van der Waals surface area contributed by atoms with Gasteiger partial charge in [-0.25, -0.2) is 9.78 Å². The molecule has 2 fully saturated rings. The average molecular weight is 466 g/mol. The molecule has 0 unspecified atom stereocenters. The number of aromatic nitrogens is 3. The summed E-state index contributed by atoms with van der Waals surface area (Å²) >= 11 is 0. The van der Waals surface area contributed by atoms with Crippen molar-refractivity contribution in [2.75, 3.05) is 10.6 Å². The number of anilines is 2. The van der Waals surface area contributed by atoms with Crippen molar-refractivity contribution in [3.8, 4) is 11.1 Å². The Labute approximate surface area is 201 Å². The summed E-state index contributed by atoms with van der Waals surface area (Å²) in [5.74, 6) is 1.03. The van der Waals surface area contributed by atoms with E-state index in [1.54, 1.807) is 16.8 Å². The molecule has 3 heterocycles. The molecule has 2 aromatic heterocycles. The van der Waals surface area contributed by atoms with E-state index in [0.29, 0.717) is 29.6 Å². The van der Waals surface area contributed by atoms with Crippen molar-refractivity contribution in [1.82, 2.24) is 25.2 Å². The van der Waals surface area contributed by atoms with Gasteiger partial charge >= 0.3 is 6.03 Å². The number of fused-ring (bicyclic) bond motifs is 1. The van der Waals surface area contributed by atoms with Crippen LogP contribution in [0.15, 0.2) is 72.6 Å². The van der Waals surface area contributed by atoms with Crippen molar-refractivity contribution in [2.24, 2.45) is 0 Å². The van der Waals surface area contributed by atoms with Crippen molar-refractivity contribution in [2.45, 2.75) is 25.4 Å². The minimum absolute atomic E-state index is 0.165. The molecule has 1 aliphatic heterocycles. The lowest BCUT2D eigenvalue weighted by Gasteiger charge is -2.14. The minimum atomic E-state index is -0.541. The number of carbonyl (C=O) groups is 2. The number of rotatable bonds is 7. The van der Waals surface area contributed by atoms with Crippen LogP contribution in [0.25, 0.3) is 22.9 Å². The molecule has 2 aliphatic rings. The van der Waals surface area contributed by atoms with Crippen LogP contribution in [0.3, 0.4) is 0 Å². The van der Waals surface area contributed by atoms with Crippen molar-refractivity contribution < 1.29 is 9.59 Å². The number of hydrogen-bond donors (Lipinski definition) is 4. The fourth-order valence-electron chi connectivity index (χ4n) is 4.11. The Morgan fingerprint density at radius 3 is 2.60 bits per heavy atom. The molecule has 0 bridgehead atoms. The van der Waals surface area contributed by atoms with Gasteiger partial charge in [-0.3, -0.25) is 10.1 Å². The highest BCUT2D eigenvalue weighted by molar-refractivity contribution is 6.14. The zero-order valence-corrected chi connectivity index (χ0v) is 18.8. The third kappa shape index (κ3) is 4.31. The molecule has 35 heavy (non-hydrogen) atoms. The Kier molecular flexibility index (Phi) is 5.14. The quantitative estimate of drug-likeness (QED) is 0.244. The van der Waals surface area contributed by atoms with Crippen molar-refractivity contribution >= 4 is 35.3 Å². The molecule has 2 aromatic carbocycles. The first-order valence-electron chi connectivity index (χ1n) is 11.5. The Hall–Kier alpha value is -4.66. The van der Waals surface area contributed by atoms with Gasteiger partial charge in [-0.2, -0.15) is 9.61 Å². The fourth-order valence-corrected chi connectivity index (χ4v) is 4.11. The van der Waals surface area contributed by atoms with E-state index in [2.05, 4.69) is 50.6 Å². The Balaban J connectivity index is 1.34. The van der Waals surface area contributed by atoms with Crippen LogP contribution < -0.4 is 21.3 Å². The van der Waals surface area contributed by atoms with Crippen LogP contribution in [-0.2, 0) is 11.3 Å². The number of nitrogens with one attached hydrogen (secondary N) is 4. The Morgan fingerprint density at radius 1 is 1.03 bits per heavy atom. The molecule has 9 nitrogen and oxygen atoms in total. The van der Waals surface area contributed by atoms with Crippen molar-refractivity contribution in [1.29, 1.82) is 0 Å². The van der Waals surface area contributed by atoms with Gasteiger partial charge in [0.1, 0.15) is 17.3 Å². The van der Waals surface area contributed by atoms with Gasteiger partial charge in [0, 0.05) is 24.2 Å². The van der Waals surface area contributed by atoms with E-state index in [4.69, 9.17) is 4.98 Å². The summed E-state index contributed by atoms with van der Waals surface area (Å²) in [5.41, 5.74) is 4.85. The number of imide groups is 1. The number of benzene rings is 2. The van der Waals surface area contributed by atoms with Crippen LogP contribution in [-0.4, -0.2) is 32.6 Å². The number of hydrogen-bond acceptors (Lipinski definition) is 6. The van der Waals surface area contributed by atoms with E-state index in [9.17, 15) is 9.59 Å². The number of urea groups is 1. The molecule has 1 saturated heterocycles. The zero-order chi connectivity index (χ0) is 23.8. The maximum absolute atomic E-state index is 12.0. The van der Waals surface area contributed by atoms with Crippen LogP contribution >= 0.6 is 0 Å². The normalized spacial score (nSPS) is 16.4. The first-order chi connectivity index (χ1) is 17.1. The van der Waals surface area contributed by atoms with Crippen LogP contribution in [0.4, 0.5) is 16.4 Å². The predicted octanol–water partition coefficient (Wildman–Crippen LogP) is 3.76. The molecule has 0 atom stereocenters. The second-order valence-electron chi connectivity index (χ2n) is 8.62. The summed E-state index contributed by atoms with van der Waals surface area (Å²) < 4.78 is 1.72. The van der Waals surface area contributed by atoms with Gasteiger partial charge in [0.25, 0.3) is 5.91 Å². The van der Waals surface area contributed by atoms with E-state index in [0.717, 1.165) is 35.3 Å². The molecule has 1 saturated carbocycles. The summed E-state index contributed by atoms with van der Waals surface area (Å²) in [6, 6.07) is 20.4. The van der Waals surface area contributed by atoms with Gasteiger partial charge in [0.15, 0.2) is 5.65 Å². The lowest BCUT2D eigenvalue weighted by atomic mass is 10.00. The lowest BCUT2D eigenvalue weighted by Crippen LogP contribution is -2.22. The molecule has 9 heteroatoms. The van der Waals surface area contributed by atoms with E-state index in [-0.39, 0.29) is 5.70 Å². The molecule has 174 valence electrons. The van der Waals surface area contributed by atoms with E-state index in [1.165, 1.54) is 0 Å². The highest BCUT2D eigenvalue weighted by Crippen LogP contribution is 2.28. The second kappa shape index (κ2) is 8.60. The largest absolute Gasteiger partial charge is 0.367 e. The Morgan fingerprint density at radius 2 is 1.83 bits per heavy atom. The molecule has 0 spiro atoms. The third-order valence-corrected chi connectivity index (χ3v) is 6.01.